The minimum atomic E-state index is 0.0867. The highest BCUT2D eigenvalue weighted by molar-refractivity contribution is 7.16. The number of fused-ring (bicyclic) bond motifs is 1. The second kappa shape index (κ2) is 4.58. The molecule has 0 spiro atoms. The molecule has 17 heavy (non-hydrogen) atoms. The third-order valence-corrected chi connectivity index (χ3v) is 4.10. The van der Waals surface area contributed by atoms with E-state index in [9.17, 15) is 4.79 Å². The van der Waals surface area contributed by atoms with E-state index in [2.05, 4.69) is 10.3 Å². The van der Waals surface area contributed by atoms with Gasteiger partial charge in [-0.15, -0.1) is 11.3 Å². The summed E-state index contributed by atoms with van der Waals surface area (Å²) in [6, 6.07) is 2.28. The van der Waals surface area contributed by atoms with E-state index in [1.54, 1.807) is 10.9 Å². The smallest absolute Gasteiger partial charge is 0.262 e. The second-order valence-corrected chi connectivity index (χ2v) is 5.38. The number of piperidine rings is 1. The molecule has 0 radical (unpaired) electrons. The maximum atomic E-state index is 12.2. The van der Waals surface area contributed by atoms with Crippen molar-refractivity contribution >= 4 is 21.6 Å². The average molecular weight is 249 g/mol. The molecule has 0 aliphatic carbocycles. The molecule has 1 atom stereocenters. The molecular formula is C12H15N3OS. The van der Waals surface area contributed by atoms with Crippen LogP contribution in [0.15, 0.2) is 22.6 Å². The predicted molar refractivity (Wildman–Crippen MR) is 69.5 cm³/mol. The van der Waals surface area contributed by atoms with E-state index in [1.807, 2.05) is 11.4 Å². The molecule has 2 aromatic heterocycles. The molecule has 90 valence electrons. The lowest BCUT2D eigenvalue weighted by Crippen LogP contribution is -2.39. The van der Waals surface area contributed by atoms with Crippen LogP contribution in [0.2, 0.25) is 0 Å². The first kappa shape index (κ1) is 10.9. The summed E-state index contributed by atoms with van der Waals surface area (Å²) in [5, 5.41) is 6.11. The monoisotopic (exact) mass is 249 g/mol. The van der Waals surface area contributed by atoms with Gasteiger partial charge in [0.2, 0.25) is 0 Å². The van der Waals surface area contributed by atoms with Crippen molar-refractivity contribution in [3.8, 4) is 0 Å². The Morgan fingerprint density at radius 2 is 2.47 bits per heavy atom. The third-order valence-electron chi connectivity index (χ3n) is 3.28. The van der Waals surface area contributed by atoms with Gasteiger partial charge in [-0.3, -0.25) is 9.36 Å². The number of rotatable bonds is 2. The van der Waals surface area contributed by atoms with Gasteiger partial charge in [0, 0.05) is 12.6 Å². The summed E-state index contributed by atoms with van der Waals surface area (Å²) in [4.78, 5) is 17.3. The van der Waals surface area contributed by atoms with Gasteiger partial charge in [-0.2, -0.15) is 0 Å². The van der Waals surface area contributed by atoms with Crippen LogP contribution in [0, 0.1) is 0 Å². The normalized spacial score (nSPS) is 20.8. The van der Waals surface area contributed by atoms with Crippen LogP contribution in [0.25, 0.3) is 10.2 Å². The summed E-state index contributed by atoms with van der Waals surface area (Å²) in [5.41, 5.74) is 0.0867. The molecule has 0 aromatic carbocycles. The van der Waals surface area contributed by atoms with Crippen LogP contribution >= 0.6 is 11.3 Å². The van der Waals surface area contributed by atoms with Gasteiger partial charge in [0.25, 0.3) is 5.56 Å². The van der Waals surface area contributed by atoms with Crippen molar-refractivity contribution in [1.82, 2.24) is 14.9 Å². The van der Waals surface area contributed by atoms with Crippen LogP contribution in [0.1, 0.15) is 19.3 Å². The van der Waals surface area contributed by atoms with E-state index in [-0.39, 0.29) is 5.56 Å². The molecule has 1 aliphatic heterocycles. The Morgan fingerprint density at radius 1 is 1.53 bits per heavy atom. The lowest BCUT2D eigenvalue weighted by atomic mass is 10.1. The van der Waals surface area contributed by atoms with Gasteiger partial charge in [0.15, 0.2) is 0 Å². The van der Waals surface area contributed by atoms with E-state index in [0.29, 0.717) is 6.04 Å². The molecule has 1 fully saturated rings. The zero-order valence-electron chi connectivity index (χ0n) is 9.56. The molecular weight excluding hydrogens is 234 g/mol. The third kappa shape index (κ3) is 2.12. The number of aromatic nitrogens is 2. The van der Waals surface area contributed by atoms with Crippen molar-refractivity contribution in [1.29, 1.82) is 0 Å². The molecule has 1 unspecified atom stereocenters. The fourth-order valence-corrected chi connectivity index (χ4v) is 3.06. The molecule has 1 N–H and O–H groups in total. The van der Waals surface area contributed by atoms with Gasteiger partial charge in [0.1, 0.15) is 4.83 Å². The molecule has 1 aliphatic rings. The molecule has 0 saturated carbocycles. The highest BCUT2D eigenvalue weighted by atomic mass is 32.1. The molecule has 2 aromatic rings. The van der Waals surface area contributed by atoms with Gasteiger partial charge in [-0.05, 0) is 30.8 Å². The van der Waals surface area contributed by atoms with Crippen molar-refractivity contribution in [2.24, 2.45) is 0 Å². The molecule has 0 bridgehead atoms. The lowest BCUT2D eigenvalue weighted by molar-refractivity contribution is 0.359. The van der Waals surface area contributed by atoms with Crippen molar-refractivity contribution in [2.45, 2.75) is 31.8 Å². The quantitative estimate of drug-likeness (QED) is 0.879. The summed E-state index contributed by atoms with van der Waals surface area (Å²) in [6.45, 7) is 1.80. The molecule has 1 saturated heterocycles. The van der Waals surface area contributed by atoms with Crippen LogP contribution in [0.5, 0.6) is 0 Å². The van der Waals surface area contributed by atoms with E-state index in [1.165, 1.54) is 24.2 Å². The Balaban J connectivity index is 1.89. The van der Waals surface area contributed by atoms with Crippen molar-refractivity contribution < 1.29 is 0 Å². The highest BCUT2D eigenvalue weighted by Gasteiger charge is 2.14. The molecule has 0 amide bonds. The topological polar surface area (TPSA) is 46.9 Å². The van der Waals surface area contributed by atoms with Gasteiger partial charge in [0.05, 0.1) is 11.7 Å². The minimum Gasteiger partial charge on any atom is -0.312 e. The predicted octanol–water partition coefficient (Wildman–Crippen LogP) is 1.60. The first-order valence-electron chi connectivity index (χ1n) is 6.00. The largest absolute Gasteiger partial charge is 0.312 e. The maximum Gasteiger partial charge on any atom is 0.262 e. The Bertz CT molecular complexity index is 568. The molecule has 4 nitrogen and oxygen atoms in total. The van der Waals surface area contributed by atoms with Crippen molar-refractivity contribution in [2.75, 3.05) is 6.54 Å². The number of hydrogen-bond acceptors (Lipinski definition) is 4. The van der Waals surface area contributed by atoms with Crippen molar-refractivity contribution in [3.63, 3.8) is 0 Å². The summed E-state index contributed by atoms with van der Waals surface area (Å²) < 4.78 is 1.73. The first-order valence-corrected chi connectivity index (χ1v) is 6.88. The van der Waals surface area contributed by atoms with Crippen LogP contribution < -0.4 is 10.9 Å². The minimum absolute atomic E-state index is 0.0867. The van der Waals surface area contributed by atoms with Crippen molar-refractivity contribution in [3.05, 3.63) is 28.1 Å². The zero-order chi connectivity index (χ0) is 11.7. The van der Waals surface area contributed by atoms with Crippen LogP contribution in [-0.4, -0.2) is 22.1 Å². The van der Waals surface area contributed by atoms with Crippen LogP contribution in [0.3, 0.4) is 0 Å². The molecule has 3 rings (SSSR count). The Kier molecular flexibility index (Phi) is 2.94. The average Bonchev–Trinajstić information content (AvgIpc) is 2.83. The van der Waals surface area contributed by atoms with Gasteiger partial charge in [-0.25, -0.2) is 4.98 Å². The Hall–Kier alpha value is -1.20. The number of nitrogens with zero attached hydrogens (tertiary/aromatic N) is 2. The van der Waals surface area contributed by atoms with Crippen LogP contribution in [-0.2, 0) is 6.54 Å². The Morgan fingerprint density at radius 3 is 3.29 bits per heavy atom. The van der Waals surface area contributed by atoms with Gasteiger partial charge >= 0.3 is 0 Å². The number of thiophene rings is 1. The number of hydrogen-bond donors (Lipinski definition) is 1. The van der Waals surface area contributed by atoms with Gasteiger partial charge in [-0.1, -0.05) is 6.42 Å². The van der Waals surface area contributed by atoms with E-state index < -0.39 is 0 Å². The molecule has 5 heteroatoms. The van der Waals surface area contributed by atoms with E-state index in [0.717, 1.165) is 29.7 Å². The van der Waals surface area contributed by atoms with Crippen LogP contribution in [0.4, 0.5) is 0 Å². The van der Waals surface area contributed by atoms with E-state index in [4.69, 9.17) is 0 Å². The SMILES string of the molecule is O=c1c2ccsc2ncn1CC1CCCCN1. The highest BCUT2D eigenvalue weighted by Crippen LogP contribution is 2.14. The summed E-state index contributed by atoms with van der Waals surface area (Å²) in [5.74, 6) is 0. The van der Waals surface area contributed by atoms with Gasteiger partial charge < -0.3 is 5.32 Å². The standard InChI is InChI=1S/C12H15N3OS/c16-12-10-4-6-17-11(10)14-8-15(12)7-9-3-1-2-5-13-9/h4,6,8-9,13H,1-3,5,7H2. The fraction of sp³-hybridized carbons (Fsp3) is 0.500. The summed E-state index contributed by atoms with van der Waals surface area (Å²) in [6.07, 6.45) is 5.32. The zero-order valence-corrected chi connectivity index (χ0v) is 10.4. The second-order valence-electron chi connectivity index (χ2n) is 4.49. The molecule has 3 heterocycles. The summed E-state index contributed by atoms with van der Waals surface area (Å²) >= 11 is 1.52. The maximum absolute atomic E-state index is 12.2. The Labute approximate surface area is 103 Å². The summed E-state index contributed by atoms with van der Waals surface area (Å²) in [7, 11) is 0. The van der Waals surface area contributed by atoms with E-state index >= 15 is 0 Å². The number of nitrogens with one attached hydrogen (secondary N) is 1. The lowest BCUT2D eigenvalue weighted by Gasteiger charge is -2.23. The first-order chi connectivity index (χ1) is 8.34. The fourth-order valence-electron chi connectivity index (χ4n) is 2.34.